The Kier molecular flexibility index (Phi) is 2.64. The van der Waals surface area contributed by atoms with Crippen LogP contribution in [0.5, 0.6) is 0 Å². The van der Waals surface area contributed by atoms with E-state index in [1.54, 1.807) is 6.20 Å². The number of hydrogen-bond donors (Lipinski definition) is 1. The Morgan fingerprint density at radius 1 is 1.53 bits per heavy atom. The maximum atomic E-state index is 5.69. The van der Waals surface area contributed by atoms with Crippen LogP contribution < -0.4 is 5.73 Å². The summed E-state index contributed by atoms with van der Waals surface area (Å²) < 4.78 is 0. The second kappa shape index (κ2) is 3.95. The van der Waals surface area contributed by atoms with E-state index in [1.165, 1.54) is 0 Å². The molecule has 15 heavy (non-hydrogen) atoms. The highest BCUT2D eigenvalue weighted by molar-refractivity contribution is 5.79. The van der Waals surface area contributed by atoms with Gasteiger partial charge in [-0.3, -0.25) is 9.98 Å². The predicted octanol–water partition coefficient (Wildman–Crippen LogP) is 1.86. The van der Waals surface area contributed by atoms with Crippen LogP contribution in [0.2, 0.25) is 0 Å². The minimum Gasteiger partial charge on any atom is -0.330 e. The molecule has 3 heteroatoms. The lowest BCUT2D eigenvalue weighted by atomic mass is 9.86. The van der Waals surface area contributed by atoms with Crippen LogP contribution in [-0.4, -0.2) is 17.7 Å². The van der Waals surface area contributed by atoms with Crippen LogP contribution in [0.15, 0.2) is 35.6 Å². The molecule has 1 aromatic rings. The standard InChI is InChI=1S/C12H15N3/c1-12(8-13)5-4-11(15-9-12)10-3-2-6-14-7-10/h2-4,6-7,9H,5,8,13H2,1H3. The summed E-state index contributed by atoms with van der Waals surface area (Å²) in [4.78, 5) is 8.52. The number of hydrogen-bond acceptors (Lipinski definition) is 3. The first-order valence-electron chi connectivity index (χ1n) is 5.09. The van der Waals surface area contributed by atoms with E-state index in [-0.39, 0.29) is 5.41 Å². The summed E-state index contributed by atoms with van der Waals surface area (Å²) in [6, 6.07) is 3.93. The van der Waals surface area contributed by atoms with Gasteiger partial charge < -0.3 is 5.73 Å². The molecule has 0 amide bonds. The smallest absolute Gasteiger partial charge is 0.0674 e. The lowest BCUT2D eigenvalue weighted by Gasteiger charge is -2.24. The van der Waals surface area contributed by atoms with Gasteiger partial charge >= 0.3 is 0 Å². The first kappa shape index (κ1) is 10.1. The second-order valence-electron chi connectivity index (χ2n) is 4.15. The Bertz CT molecular complexity index is 395. The van der Waals surface area contributed by atoms with Gasteiger partial charge in [0.05, 0.1) is 5.70 Å². The number of nitrogens with two attached hydrogens (primary N) is 1. The number of allylic oxidation sites excluding steroid dienone is 1. The Balaban J connectivity index is 2.20. The highest BCUT2D eigenvalue weighted by Crippen LogP contribution is 2.27. The molecule has 1 aromatic heterocycles. The molecular formula is C12H15N3. The van der Waals surface area contributed by atoms with Gasteiger partial charge in [-0.05, 0) is 18.6 Å². The van der Waals surface area contributed by atoms with Gasteiger partial charge in [0.15, 0.2) is 0 Å². The van der Waals surface area contributed by atoms with Crippen molar-refractivity contribution in [2.45, 2.75) is 13.3 Å². The molecule has 1 unspecified atom stereocenters. The number of pyridine rings is 1. The average molecular weight is 201 g/mol. The Hall–Kier alpha value is -1.48. The highest BCUT2D eigenvalue weighted by atomic mass is 14.8. The fourth-order valence-corrected chi connectivity index (χ4v) is 1.50. The maximum absolute atomic E-state index is 5.69. The van der Waals surface area contributed by atoms with Gasteiger partial charge in [-0.1, -0.05) is 13.0 Å². The van der Waals surface area contributed by atoms with Crippen LogP contribution >= 0.6 is 0 Å². The highest BCUT2D eigenvalue weighted by Gasteiger charge is 2.22. The van der Waals surface area contributed by atoms with Gasteiger partial charge in [-0.2, -0.15) is 0 Å². The third kappa shape index (κ3) is 2.13. The molecule has 0 saturated heterocycles. The van der Waals surface area contributed by atoms with E-state index in [1.807, 2.05) is 24.5 Å². The maximum Gasteiger partial charge on any atom is 0.0674 e. The van der Waals surface area contributed by atoms with Gasteiger partial charge in [0.2, 0.25) is 0 Å². The van der Waals surface area contributed by atoms with Crippen LogP contribution in [0.4, 0.5) is 0 Å². The number of aromatic nitrogens is 1. The zero-order chi connectivity index (χ0) is 10.7. The molecular weight excluding hydrogens is 186 g/mol. The largest absolute Gasteiger partial charge is 0.330 e. The third-order valence-electron chi connectivity index (χ3n) is 2.70. The number of rotatable bonds is 2. The summed E-state index contributed by atoms with van der Waals surface area (Å²) in [6.45, 7) is 2.75. The van der Waals surface area contributed by atoms with Gasteiger partial charge in [-0.15, -0.1) is 0 Å². The minimum absolute atomic E-state index is 0.0196. The lowest BCUT2D eigenvalue weighted by molar-refractivity contribution is 0.495. The fraction of sp³-hybridized carbons (Fsp3) is 0.333. The summed E-state index contributed by atoms with van der Waals surface area (Å²) in [5, 5.41) is 0. The van der Waals surface area contributed by atoms with Crippen molar-refractivity contribution in [2.24, 2.45) is 16.1 Å². The lowest BCUT2D eigenvalue weighted by Crippen LogP contribution is -2.29. The Morgan fingerprint density at radius 2 is 2.40 bits per heavy atom. The Labute approximate surface area is 89.7 Å². The molecule has 3 nitrogen and oxygen atoms in total. The molecule has 0 fully saturated rings. The average Bonchev–Trinajstić information content (AvgIpc) is 2.31. The first-order valence-corrected chi connectivity index (χ1v) is 5.09. The molecule has 0 spiro atoms. The van der Waals surface area contributed by atoms with Crippen molar-refractivity contribution in [3.8, 4) is 0 Å². The van der Waals surface area contributed by atoms with E-state index in [0.717, 1.165) is 17.7 Å². The van der Waals surface area contributed by atoms with Gasteiger partial charge in [0.1, 0.15) is 0 Å². The van der Waals surface area contributed by atoms with E-state index < -0.39 is 0 Å². The van der Waals surface area contributed by atoms with Crippen molar-refractivity contribution in [1.82, 2.24) is 4.98 Å². The van der Waals surface area contributed by atoms with E-state index in [9.17, 15) is 0 Å². The number of aliphatic imine (C=N–C) groups is 1. The molecule has 2 heterocycles. The first-order chi connectivity index (χ1) is 7.23. The van der Waals surface area contributed by atoms with Crippen molar-refractivity contribution in [3.63, 3.8) is 0 Å². The van der Waals surface area contributed by atoms with Gasteiger partial charge in [0.25, 0.3) is 0 Å². The molecule has 2 rings (SSSR count). The van der Waals surface area contributed by atoms with Crippen molar-refractivity contribution in [1.29, 1.82) is 0 Å². The Morgan fingerprint density at radius 3 is 2.93 bits per heavy atom. The van der Waals surface area contributed by atoms with Crippen LogP contribution in [0.25, 0.3) is 5.70 Å². The van der Waals surface area contributed by atoms with Crippen molar-refractivity contribution < 1.29 is 0 Å². The monoisotopic (exact) mass is 201 g/mol. The normalized spacial score (nSPS) is 25.1. The van der Waals surface area contributed by atoms with Crippen molar-refractivity contribution in [2.75, 3.05) is 6.54 Å². The summed E-state index contributed by atoms with van der Waals surface area (Å²) in [5.41, 5.74) is 7.77. The zero-order valence-electron chi connectivity index (χ0n) is 8.85. The second-order valence-corrected chi connectivity index (χ2v) is 4.15. The summed E-state index contributed by atoms with van der Waals surface area (Å²) in [5.74, 6) is 0. The molecule has 1 atom stereocenters. The predicted molar refractivity (Wildman–Crippen MR) is 62.5 cm³/mol. The molecule has 0 saturated carbocycles. The molecule has 0 aromatic carbocycles. The van der Waals surface area contributed by atoms with Gasteiger partial charge in [0, 0.05) is 36.1 Å². The minimum atomic E-state index is 0.0196. The molecule has 0 radical (unpaired) electrons. The SMILES string of the molecule is CC1(CN)C=NC(c2cccnc2)=CC1. The van der Waals surface area contributed by atoms with Crippen molar-refractivity contribution in [3.05, 3.63) is 36.2 Å². The number of nitrogens with zero attached hydrogens (tertiary/aromatic N) is 2. The molecule has 1 aliphatic heterocycles. The summed E-state index contributed by atoms with van der Waals surface area (Å²) in [7, 11) is 0. The summed E-state index contributed by atoms with van der Waals surface area (Å²) in [6.07, 6.45) is 8.62. The van der Waals surface area contributed by atoms with Crippen LogP contribution in [-0.2, 0) is 0 Å². The molecule has 0 bridgehead atoms. The third-order valence-corrected chi connectivity index (χ3v) is 2.70. The zero-order valence-corrected chi connectivity index (χ0v) is 8.85. The van der Waals surface area contributed by atoms with E-state index in [2.05, 4.69) is 23.0 Å². The van der Waals surface area contributed by atoms with E-state index >= 15 is 0 Å². The molecule has 0 aliphatic carbocycles. The fourth-order valence-electron chi connectivity index (χ4n) is 1.50. The molecule has 78 valence electrons. The topological polar surface area (TPSA) is 51.3 Å². The van der Waals surface area contributed by atoms with Crippen molar-refractivity contribution >= 4 is 11.9 Å². The van der Waals surface area contributed by atoms with Gasteiger partial charge in [-0.25, -0.2) is 0 Å². The quantitative estimate of drug-likeness (QED) is 0.794. The summed E-state index contributed by atoms with van der Waals surface area (Å²) >= 11 is 0. The molecule has 1 aliphatic rings. The van der Waals surface area contributed by atoms with E-state index in [0.29, 0.717) is 6.54 Å². The van der Waals surface area contributed by atoms with Crippen LogP contribution in [0.1, 0.15) is 18.9 Å². The van der Waals surface area contributed by atoms with Crippen LogP contribution in [0, 0.1) is 5.41 Å². The molecule has 2 N–H and O–H groups in total. The van der Waals surface area contributed by atoms with Crippen LogP contribution in [0.3, 0.4) is 0 Å². The van der Waals surface area contributed by atoms with E-state index in [4.69, 9.17) is 5.73 Å².